The third-order valence-electron chi connectivity index (χ3n) is 7.27. The maximum Gasteiger partial charge on any atom is 0.434 e. The normalized spacial score (nSPS) is 21.0. The molecule has 0 bridgehead atoms. The molecule has 1 saturated heterocycles. The lowest BCUT2D eigenvalue weighted by Crippen LogP contribution is -2.45. The van der Waals surface area contributed by atoms with Gasteiger partial charge in [0.25, 0.3) is 0 Å². The van der Waals surface area contributed by atoms with Crippen LogP contribution in [0.25, 0.3) is 5.57 Å². The molecule has 0 spiro atoms. The quantitative estimate of drug-likeness (QED) is 0.178. The summed E-state index contributed by atoms with van der Waals surface area (Å²) in [6, 6.07) is 4.84. The molecule has 1 aromatic carbocycles. The van der Waals surface area contributed by atoms with Gasteiger partial charge in [0.15, 0.2) is 11.5 Å². The second-order valence-corrected chi connectivity index (χ2v) is 11.4. The van der Waals surface area contributed by atoms with E-state index in [0.717, 1.165) is 31.4 Å². The minimum atomic E-state index is -4.88. The van der Waals surface area contributed by atoms with Crippen molar-refractivity contribution in [2.24, 2.45) is 5.92 Å². The van der Waals surface area contributed by atoms with E-state index in [1.165, 1.54) is 13.1 Å². The first-order valence-electron chi connectivity index (χ1n) is 14.4. The Balaban J connectivity index is 0.000000993. The van der Waals surface area contributed by atoms with Crippen molar-refractivity contribution < 1.29 is 23.4 Å². The van der Waals surface area contributed by atoms with Gasteiger partial charge >= 0.3 is 6.18 Å². The fourth-order valence-electron chi connectivity index (χ4n) is 5.32. The van der Waals surface area contributed by atoms with E-state index in [1.54, 1.807) is 25.1 Å². The summed E-state index contributed by atoms with van der Waals surface area (Å²) in [4.78, 5) is 10.9. The van der Waals surface area contributed by atoms with Gasteiger partial charge in [-0.05, 0) is 75.3 Å². The average molecular weight is 645 g/mol. The third-order valence-corrected chi connectivity index (χ3v) is 7.83. The van der Waals surface area contributed by atoms with Gasteiger partial charge in [-0.25, -0.2) is 9.97 Å². The van der Waals surface area contributed by atoms with Gasteiger partial charge in [0.1, 0.15) is 5.69 Å². The first-order chi connectivity index (χ1) is 20.2. The smallest absolute Gasteiger partial charge is 0.434 e. The number of alkyl halides is 3. The number of hydrogen-bond acceptors (Lipinski definition) is 7. The standard InChI is InChI=1S/C26H30Cl2F3N5O.C3H6O.C2H6/c1-14-10-16(5-8-22(14)36-9-3-4-18(36)13-37)21-12-33-23(24(32)26(29,30)31)25(35-21)34-15(2)19-7-6-17(27)11-20(19)28;1-3(2)4;1-2/h5-7,11-12,14-15,18,22,32,37H,3-4,8-10,13H2,1-2H3,(H,34,35);4H,1H2,2H3;1-2H3/t14?,15-,18+,22?;;/m1../s1. The van der Waals surface area contributed by atoms with Crippen molar-refractivity contribution in [3.63, 3.8) is 0 Å². The Morgan fingerprint density at radius 1 is 1.28 bits per heavy atom. The van der Waals surface area contributed by atoms with Crippen LogP contribution in [0.15, 0.2) is 42.8 Å². The summed E-state index contributed by atoms with van der Waals surface area (Å²) in [6.07, 6.45) is 1.99. The minimum absolute atomic E-state index is 0.131. The van der Waals surface area contributed by atoms with E-state index >= 15 is 0 Å². The Kier molecular flexibility index (Phi) is 14.0. The largest absolute Gasteiger partial charge is 0.513 e. The lowest BCUT2D eigenvalue weighted by atomic mass is 9.83. The molecular formula is C31H42Cl2F3N5O2. The summed E-state index contributed by atoms with van der Waals surface area (Å²) >= 11 is 12.3. The molecule has 4 N–H and O–H groups in total. The number of anilines is 1. The van der Waals surface area contributed by atoms with E-state index in [4.69, 9.17) is 33.7 Å². The van der Waals surface area contributed by atoms with Crippen LogP contribution in [0, 0.1) is 11.3 Å². The highest BCUT2D eigenvalue weighted by molar-refractivity contribution is 6.35. The van der Waals surface area contributed by atoms with Gasteiger partial charge in [-0.1, -0.05) is 62.7 Å². The van der Waals surface area contributed by atoms with Crippen molar-refractivity contribution in [2.75, 3.05) is 18.5 Å². The number of likely N-dealkylation sites (tertiary alicyclic amines) is 1. The number of aromatic nitrogens is 2. The molecule has 1 aromatic heterocycles. The fraction of sp³-hybridized carbons (Fsp3) is 0.516. The molecule has 2 unspecified atom stereocenters. The van der Waals surface area contributed by atoms with Crippen molar-refractivity contribution in [3.8, 4) is 0 Å². The summed E-state index contributed by atoms with van der Waals surface area (Å²) in [5.74, 6) is 0.305. The van der Waals surface area contributed by atoms with E-state index < -0.39 is 23.6 Å². The van der Waals surface area contributed by atoms with Crippen LogP contribution < -0.4 is 5.32 Å². The van der Waals surface area contributed by atoms with E-state index in [1.807, 2.05) is 13.8 Å². The maximum absolute atomic E-state index is 13.5. The van der Waals surface area contributed by atoms with Crippen molar-refractivity contribution in [1.82, 2.24) is 14.9 Å². The Bertz CT molecular complexity index is 1280. The van der Waals surface area contributed by atoms with Crippen LogP contribution in [0.3, 0.4) is 0 Å². The molecule has 0 radical (unpaired) electrons. The molecule has 238 valence electrons. The summed E-state index contributed by atoms with van der Waals surface area (Å²) < 4.78 is 40.4. The molecule has 0 amide bonds. The molecule has 2 aliphatic rings. The SMILES string of the molecule is C=C(C)O.CC.CC1CC(c2cnc(C(=N)C(F)(F)F)c(N[C@H](C)c3ccc(Cl)cc3Cl)n2)=CCC1N1CCC[C@H]1CO. The molecule has 12 heteroatoms. The van der Waals surface area contributed by atoms with Crippen molar-refractivity contribution in [2.45, 2.75) is 84.6 Å². The summed E-state index contributed by atoms with van der Waals surface area (Å²) in [5, 5.41) is 29.1. The van der Waals surface area contributed by atoms with Gasteiger partial charge in [-0.3, -0.25) is 10.3 Å². The highest BCUT2D eigenvalue weighted by Crippen LogP contribution is 2.37. The van der Waals surface area contributed by atoms with Crippen molar-refractivity contribution >= 4 is 40.3 Å². The molecule has 1 fully saturated rings. The Morgan fingerprint density at radius 3 is 2.49 bits per heavy atom. The Labute approximate surface area is 262 Å². The van der Waals surface area contributed by atoms with Gasteiger partial charge in [0.2, 0.25) is 0 Å². The number of hydrogen-bond donors (Lipinski definition) is 4. The second-order valence-electron chi connectivity index (χ2n) is 10.5. The zero-order chi connectivity index (χ0) is 32.5. The van der Waals surface area contributed by atoms with Crippen LogP contribution in [0.5, 0.6) is 0 Å². The predicted octanol–water partition coefficient (Wildman–Crippen LogP) is 8.63. The van der Waals surface area contributed by atoms with Crippen LogP contribution in [0.4, 0.5) is 19.0 Å². The van der Waals surface area contributed by atoms with Crippen LogP contribution in [0.1, 0.15) is 83.3 Å². The average Bonchev–Trinajstić information content (AvgIpc) is 3.41. The van der Waals surface area contributed by atoms with E-state index in [2.05, 4.69) is 39.8 Å². The Morgan fingerprint density at radius 2 is 1.93 bits per heavy atom. The molecule has 2 heterocycles. The number of aliphatic hydroxyl groups excluding tert-OH is 2. The number of aliphatic hydroxyl groups is 2. The first kappa shape index (κ1) is 36.5. The monoisotopic (exact) mass is 643 g/mol. The number of nitrogens with one attached hydrogen (secondary N) is 2. The third kappa shape index (κ3) is 9.93. The van der Waals surface area contributed by atoms with Gasteiger partial charge in [-0.15, -0.1) is 0 Å². The van der Waals surface area contributed by atoms with E-state index in [-0.39, 0.29) is 30.1 Å². The number of nitrogens with zero attached hydrogens (tertiary/aromatic N) is 3. The first-order valence-corrected chi connectivity index (χ1v) is 15.1. The lowest BCUT2D eigenvalue weighted by Gasteiger charge is -2.38. The number of allylic oxidation sites excluding steroid dienone is 2. The van der Waals surface area contributed by atoms with Gasteiger partial charge in [-0.2, -0.15) is 13.2 Å². The summed E-state index contributed by atoms with van der Waals surface area (Å²) in [7, 11) is 0. The summed E-state index contributed by atoms with van der Waals surface area (Å²) in [6.45, 7) is 13.6. The van der Waals surface area contributed by atoms with E-state index in [0.29, 0.717) is 33.8 Å². The van der Waals surface area contributed by atoms with Gasteiger partial charge < -0.3 is 15.5 Å². The van der Waals surface area contributed by atoms with Gasteiger partial charge in [0.05, 0.1) is 30.3 Å². The zero-order valence-corrected chi connectivity index (χ0v) is 26.8. The second kappa shape index (κ2) is 16.4. The topological polar surface area (TPSA) is 105 Å². The highest BCUT2D eigenvalue weighted by atomic mass is 35.5. The molecule has 7 nitrogen and oxygen atoms in total. The number of rotatable bonds is 7. The van der Waals surface area contributed by atoms with Crippen LogP contribution in [-0.4, -0.2) is 62.2 Å². The molecule has 0 saturated carbocycles. The molecule has 4 atom stereocenters. The maximum atomic E-state index is 13.5. The number of benzene rings is 1. The Hall–Kier alpha value is -2.66. The van der Waals surface area contributed by atoms with Crippen LogP contribution in [0.2, 0.25) is 10.0 Å². The molecule has 4 rings (SSSR count). The number of halogens is 5. The predicted molar refractivity (Wildman–Crippen MR) is 169 cm³/mol. The molecular weight excluding hydrogens is 602 g/mol. The summed E-state index contributed by atoms with van der Waals surface area (Å²) in [5.41, 5.74) is -0.139. The fourth-order valence-corrected chi connectivity index (χ4v) is 5.89. The molecule has 1 aliphatic heterocycles. The lowest BCUT2D eigenvalue weighted by molar-refractivity contribution is -0.0589. The van der Waals surface area contributed by atoms with Crippen LogP contribution >= 0.6 is 23.2 Å². The highest BCUT2D eigenvalue weighted by Gasteiger charge is 2.39. The zero-order valence-electron chi connectivity index (χ0n) is 25.3. The molecule has 2 aromatic rings. The van der Waals surface area contributed by atoms with E-state index in [9.17, 15) is 18.3 Å². The van der Waals surface area contributed by atoms with Crippen molar-refractivity contribution in [3.05, 3.63) is 69.8 Å². The van der Waals surface area contributed by atoms with Crippen LogP contribution in [-0.2, 0) is 0 Å². The van der Waals surface area contributed by atoms with Gasteiger partial charge in [0, 0.05) is 22.1 Å². The molecule has 43 heavy (non-hydrogen) atoms. The molecule has 1 aliphatic carbocycles. The minimum Gasteiger partial charge on any atom is -0.513 e. The van der Waals surface area contributed by atoms with Crippen molar-refractivity contribution in [1.29, 1.82) is 5.41 Å².